The largest absolute Gasteiger partial charge is 0.337 e. The highest BCUT2D eigenvalue weighted by Gasteiger charge is 2.43. The first-order valence-electron chi connectivity index (χ1n) is 7.87. The number of fused-ring (bicyclic) bond motifs is 2. The van der Waals surface area contributed by atoms with E-state index in [-0.39, 0.29) is 5.54 Å². The quantitative estimate of drug-likeness (QED) is 0.888. The van der Waals surface area contributed by atoms with Gasteiger partial charge in [-0.2, -0.15) is 4.98 Å². The van der Waals surface area contributed by atoms with Crippen LogP contribution in [0, 0.1) is 11.8 Å². The van der Waals surface area contributed by atoms with Crippen LogP contribution in [0.1, 0.15) is 75.4 Å². The Labute approximate surface area is 114 Å². The average Bonchev–Trinajstić information content (AvgIpc) is 3.15. The van der Waals surface area contributed by atoms with Crippen LogP contribution in [0.25, 0.3) is 0 Å². The van der Waals surface area contributed by atoms with Crippen molar-refractivity contribution in [3.8, 4) is 0 Å². The molecule has 3 aliphatic rings. The maximum Gasteiger partial charge on any atom is 0.246 e. The molecule has 3 fully saturated rings. The number of rotatable bonds is 2. The normalized spacial score (nSPS) is 36.8. The van der Waals surface area contributed by atoms with E-state index >= 15 is 0 Å². The van der Waals surface area contributed by atoms with Crippen LogP contribution in [0.2, 0.25) is 0 Å². The Morgan fingerprint density at radius 2 is 1.95 bits per heavy atom. The van der Waals surface area contributed by atoms with Gasteiger partial charge in [-0.3, -0.25) is 0 Å². The van der Waals surface area contributed by atoms with Gasteiger partial charge in [0.25, 0.3) is 0 Å². The van der Waals surface area contributed by atoms with Crippen LogP contribution in [0.5, 0.6) is 0 Å². The Bertz CT molecular complexity index is 464. The highest BCUT2D eigenvalue weighted by atomic mass is 16.5. The molecule has 4 rings (SSSR count). The molecule has 1 heterocycles. The van der Waals surface area contributed by atoms with E-state index in [0.717, 1.165) is 30.5 Å². The second-order valence-corrected chi connectivity index (χ2v) is 6.96. The van der Waals surface area contributed by atoms with Crippen molar-refractivity contribution in [1.82, 2.24) is 10.1 Å². The van der Waals surface area contributed by atoms with Crippen LogP contribution in [-0.2, 0) is 5.54 Å². The monoisotopic (exact) mass is 261 g/mol. The molecule has 1 aromatic heterocycles. The third-order valence-electron chi connectivity index (χ3n) is 5.68. The topological polar surface area (TPSA) is 64.9 Å². The molecule has 0 amide bonds. The lowest BCUT2D eigenvalue weighted by Crippen LogP contribution is -2.39. The van der Waals surface area contributed by atoms with Gasteiger partial charge in [-0.25, -0.2) is 0 Å². The van der Waals surface area contributed by atoms with Crippen LogP contribution in [-0.4, -0.2) is 10.1 Å². The maximum atomic E-state index is 6.47. The first kappa shape index (κ1) is 11.9. The lowest BCUT2D eigenvalue weighted by Gasteiger charge is -2.29. The van der Waals surface area contributed by atoms with Crippen molar-refractivity contribution in [2.75, 3.05) is 0 Å². The summed E-state index contributed by atoms with van der Waals surface area (Å²) in [4.78, 5) is 4.70. The molecule has 0 spiro atoms. The maximum absolute atomic E-state index is 6.47. The minimum Gasteiger partial charge on any atom is -0.337 e. The predicted octanol–water partition coefficient (Wildman–Crippen LogP) is 3.09. The van der Waals surface area contributed by atoms with Crippen LogP contribution in [0.15, 0.2) is 4.52 Å². The predicted molar refractivity (Wildman–Crippen MR) is 71.4 cm³/mol. The summed E-state index contributed by atoms with van der Waals surface area (Å²) in [5, 5.41) is 4.27. The molecule has 0 radical (unpaired) electrons. The fraction of sp³-hybridized carbons (Fsp3) is 0.867. The molecule has 0 aromatic carbocycles. The molecule has 3 unspecified atom stereocenters. The zero-order chi connectivity index (χ0) is 12.9. The molecule has 104 valence electrons. The first-order chi connectivity index (χ1) is 9.24. The van der Waals surface area contributed by atoms with Crippen molar-refractivity contribution in [3.05, 3.63) is 11.7 Å². The van der Waals surface area contributed by atoms with Crippen LogP contribution >= 0.6 is 0 Å². The number of nitrogens with zero attached hydrogens (tertiary/aromatic N) is 2. The third kappa shape index (κ3) is 1.92. The van der Waals surface area contributed by atoms with Crippen molar-refractivity contribution in [3.63, 3.8) is 0 Å². The van der Waals surface area contributed by atoms with Crippen molar-refractivity contribution in [1.29, 1.82) is 0 Å². The Morgan fingerprint density at radius 3 is 2.63 bits per heavy atom. The Balaban J connectivity index is 1.56. The van der Waals surface area contributed by atoms with Gasteiger partial charge in [0.1, 0.15) is 0 Å². The van der Waals surface area contributed by atoms with E-state index in [1.807, 2.05) is 0 Å². The van der Waals surface area contributed by atoms with E-state index in [4.69, 9.17) is 15.2 Å². The molecular weight excluding hydrogens is 238 g/mol. The van der Waals surface area contributed by atoms with Gasteiger partial charge in [0.05, 0.1) is 5.54 Å². The second-order valence-electron chi connectivity index (χ2n) is 6.96. The molecule has 4 nitrogen and oxygen atoms in total. The molecule has 3 atom stereocenters. The van der Waals surface area contributed by atoms with E-state index in [9.17, 15) is 0 Å². The summed E-state index contributed by atoms with van der Waals surface area (Å²) in [5.74, 6) is 3.90. The minimum absolute atomic E-state index is 0.346. The Hall–Kier alpha value is -0.900. The van der Waals surface area contributed by atoms with Gasteiger partial charge in [0.2, 0.25) is 5.89 Å². The van der Waals surface area contributed by atoms with Gasteiger partial charge in [0.15, 0.2) is 5.82 Å². The summed E-state index contributed by atoms with van der Waals surface area (Å²) >= 11 is 0. The summed E-state index contributed by atoms with van der Waals surface area (Å²) in [6.45, 7) is 0. The molecule has 4 heteroatoms. The van der Waals surface area contributed by atoms with Crippen LogP contribution < -0.4 is 5.73 Å². The summed E-state index contributed by atoms with van der Waals surface area (Å²) < 4.78 is 5.54. The van der Waals surface area contributed by atoms with Gasteiger partial charge < -0.3 is 10.3 Å². The van der Waals surface area contributed by atoms with Crippen molar-refractivity contribution in [2.45, 2.75) is 69.2 Å². The highest BCUT2D eigenvalue weighted by Crippen LogP contribution is 2.52. The van der Waals surface area contributed by atoms with Gasteiger partial charge in [-0.05, 0) is 43.9 Å². The molecule has 0 aliphatic heterocycles. The molecule has 2 N–H and O–H groups in total. The third-order valence-corrected chi connectivity index (χ3v) is 5.68. The van der Waals surface area contributed by atoms with E-state index in [1.54, 1.807) is 0 Å². The molecule has 0 saturated heterocycles. The second kappa shape index (κ2) is 4.30. The van der Waals surface area contributed by atoms with E-state index in [1.165, 1.54) is 44.9 Å². The van der Waals surface area contributed by atoms with Crippen LogP contribution in [0.3, 0.4) is 0 Å². The number of aromatic nitrogens is 2. The van der Waals surface area contributed by atoms with E-state index in [0.29, 0.717) is 11.8 Å². The number of nitrogens with two attached hydrogens (primary N) is 1. The minimum atomic E-state index is -0.346. The average molecular weight is 261 g/mol. The summed E-state index contributed by atoms with van der Waals surface area (Å²) in [6.07, 6.45) is 11.0. The van der Waals surface area contributed by atoms with Crippen molar-refractivity contribution >= 4 is 0 Å². The van der Waals surface area contributed by atoms with E-state index in [2.05, 4.69) is 5.16 Å². The lowest BCUT2D eigenvalue weighted by molar-refractivity contribution is 0.219. The Kier molecular flexibility index (Phi) is 2.69. The summed E-state index contributed by atoms with van der Waals surface area (Å²) in [7, 11) is 0. The smallest absolute Gasteiger partial charge is 0.246 e. The fourth-order valence-corrected chi connectivity index (χ4v) is 4.55. The standard InChI is InChI=1S/C15H23N3O/c16-15(6-2-1-3-7-15)14-17-13(18-19-14)12-9-10-4-5-11(12)8-10/h10-12H,1-9,16H2. The lowest BCUT2D eigenvalue weighted by atomic mass is 9.82. The molecular formula is C15H23N3O. The highest BCUT2D eigenvalue weighted by molar-refractivity contribution is 5.10. The zero-order valence-corrected chi connectivity index (χ0v) is 11.5. The van der Waals surface area contributed by atoms with Crippen LogP contribution in [0.4, 0.5) is 0 Å². The van der Waals surface area contributed by atoms with E-state index < -0.39 is 0 Å². The number of hydrogen-bond acceptors (Lipinski definition) is 4. The van der Waals surface area contributed by atoms with Gasteiger partial charge in [0, 0.05) is 5.92 Å². The van der Waals surface area contributed by atoms with Crippen molar-refractivity contribution < 1.29 is 4.52 Å². The molecule has 3 aliphatic carbocycles. The molecule has 19 heavy (non-hydrogen) atoms. The fourth-order valence-electron chi connectivity index (χ4n) is 4.55. The SMILES string of the molecule is NC1(c2nc(C3CC4CCC3C4)no2)CCCCC1. The Morgan fingerprint density at radius 1 is 1.11 bits per heavy atom. The summed E-state index contributed by atoms with van der Waals surface area (Å²) in [6, 6.07) is 0. The first-order valence-corrected chi connectivity index (χ1v) is 7.87. The molecule has 3 saturated carbocycles. The molecule has 1 aromatic rings. The zero-order valence-electron chi connectivity index (χ0n) is 11.5. The van der Waals surface area contributed by atoms with Gasteiger partial charge >= 0.3 is 0 Å². The molecule has 2 bridgehead atoms. The number of hydrogen-bond donors (Lipinski definition) is 1. The summed E-state index contributed by atoms with van der Waals surface area (Å²) in [5.41, 5.74) is 6.13. The van der Waals surface area contributed by atoms with Crippen molar-refractivity contribution in [2.24, 2.45) is 17.6 Å². The van der Waals surface area contributed by atoms with Gasteiger partial charge in [-0.1, -0.05) is 30.8 Å². The van der Waals surface area contributed by atoms with Gasteiger partial charge in [-0.15, -0.1) is 0 Å².